The molecule has 2 saturated carbocycles. The van der Waals surface area contributed by atoms with Gasteiger partial charge in [-0.25, -0.2) is 0 Å². The second-order valence-electron chi connectivity index (χ2n) is 3.93. The van der Waals surface area contributed by atoms with Gasteiger partial charge in [-0.1, -0.05) is 25.7 Å². The van der Waals surface area contributed by atoms with Gasteiger partial charge >= 0.3 is 0 Å². The molecule has 2 fully saturated rings. The predicted octanol–water partition coefficient (Wildman–Crippen LogP) is 1.95. The number of hydrogen-bond donors (Lipinski definition) is 1. The Labute approximate surface area is 62.4 Å². The minimum Gasteiger partial charge on any atom is -0.393 e. The molecule has 0 bridgehead atoms. The van der Waals surface area contributed by atoms with Crippen LogP contribution in [0.1, 0.15) is 38.5 Å². The van der Waals surface area contributed by atoms with E-state index in [0.717, 1.165) is 24.7 Å². The van der Waals surface area contributed by atoms with E-state index in [1.165, 1.54) is 25.7 Å². The van der Waals surface area contributed by atoms with Crippen LogP contribution in [0.5, 0.6) is 0 Å². The highest BCUT2D eigenvalue weighted by atomic mass is 16.3. The van der Waals surface area contributed by atoms with Crippen LogP contribution in [-0.4, -0.2) is 11.2 Å². The molecule has 2 rings (SSSR count). The first kappa shape index (κ1) is 6.66. The molecule has 0 heterocycles. The van der Waals surface area contributed by atoms with Crippen molar-refractivity contribution in [2.75, 3.05) is 0 Å². The summed E-state index contributed by atoms with van der Waals surface area (Å²) in [6, 6.07) is 0. The maximum atomic E-state index is 9.36. The van der Waals surface area contributed by atoms with Crippen molar-refractivity contribution in [3.05, 3.63) is 0 Å². The maximum absolute atomic E-state index is 9.36. The van der Waals surface area contributed by atoms with E-state index >= 15 is 0 Å². The molecule has 0 aromatic carbocycles. The smallest absolute Gasteiger partial charge is 0.0545 e. The van der Waals surface area contributed by atoms with E-state index in [1.54, 1.807) is 0 Å². The second-order valence-corrected chi connectivity index (χ2v) is 3.93. The van der Waals surface area contributed by atoms with E-state index in [9.17, 15) is 5.11 Å². The second kappa shape index (κ2) is 2.54. The summed E-state index contributed by atoms with van der Waals surface area (Å²) in [7, 11) is 0. The zero-order chi connectivity index (χ0) is 6.97. The summed E-state index contributed by atoms with van der Waals surface area (Å²) >= 11 is 0. The molecule has 58 valence electrons. The lowest BCUT2D eigenvalue weighted by molar-refractivity contribution is 0.175. The van der Waals surface area contributed by atoms with Gasteiger partial charge < -0.3 is 5.11 Å². The van der Waals surface area contributed by atoms with Crippen LogP contribution >= 0.6 is 0 Å². The molecule has 0 unspecified atom stereocenters. The molecule has 2 atom stereocenters. The number of fused-ring (bicyclic) bond motifs is 1. The van der Waals surface area contributed by atoms with Gasteiger partial charge in [-0.2, -0.15) is 0 Å². The van der Waals surface area contributed by atoms with Crippen molar-refractivity contribution in [2.24, 2.45) is 11.8 Å². The zero-order valence-electron chi connectivity index (χ0n) is 6.42. The Balaban J connectivity index is 1.97. The summed E-state index contributed by atoms with van der Waals surface area (Å²) < 4.78 is 0. The van der Waals surface area contributed by atoms with Gasteiger partial charge in [0.1, 0.15) is 0 Å². The first-order chi connectivity index (χ1) is 4.86. The third-order valence-electron chi connectivity index (χ3n) is 3.22. The predicted molar refractivity (Wildman–Crippen MR) is 40.7 cm³/mol. The molecular weight excluding hydrogens is 124 g/mol. The van der Waals surface area contributed by atoms with E-state index in [4.69, 9.17) is 0 Å². The molecule has 2 aliphatic carbocycles. The molecular formula is C9H16O. The SMILES string of the molecule is OC1C[C@H]2CCCC[C@@H]2C1. The van der Waals surface area contributed by atoms with Crippen LogP contribution in [0.4, 0.5) is 0 Å². The van der Waals surface area contributed by atoms with Crippen molar-refractivity contribution >= 4 is 0 Å². The first-order valence-corrected chi connectivity index (χ1v) is 4.54. The van der Waals surface area contributed by atoms with Crippen molar-refractivity contribution in [3.63, 3.8) is 0 Å². The molecule has 0 aromatic rings. The average Bonchev–Trinajstić information content (AvgIpc) is 2.27. The summed E-state index contributed by atoms with van der Waals surface area (Å²) in [5, 5.41) is 9.36. The lowest BCUT2D eigenvalue weighted by Crippen LogP contribution is -2.12. The third-order valence-corrected chi connectivity index (χ3v) is 3.22. The minimum atomic E-state index is 0.0492. The summed E-state index contributed by atoms with van der Waals surface area (Å²) in [6.45, 7) is 0. The van der Waals surface area contributed by atoms with E-state index < -0.39 is 0 Å². The van der Waals surface area contributed by atoms with E-state index in [0.29, 0.717) is 0 Å². The Morgan fingerprint density at radius 1 is 0.900 bits per heavy atom. The molecule has 0 amide bonds. The van der Waals surface area contributed by atoms with Crippen molar-refractivity contribution in [2.45, 2.75) is 44.6 Å². The molecule has 0 spiro atoms. The Morgan fingerprint density at radius 2 is 1.40 bits per heavy atom. The summed E-state index contributed by atoms with van der Waals surface area (Å²) in [5.41, 5.74) is 0. The highest BCUT2D eigenvalue weighted by Gasteiger charge is 2.34. The molecule has 2 aliphatic rings. The van der Waals surface area contributed by atoms with Gasteiger partial charge in [-0.3, -0.25) is 0 Å². The van der Waals surface area contributed by atoms with Gasteiger partial charge in [0.15, 0.2) is 0 Å². The molecule has 0 aliphatic heterocycles. The zero-order valence-corrected chi connectivity index (χ0v) is 6.42. The summed E-state index contributed by atoms with van der Waals surface area (Å²) in [4.78, 5) is 0. The lowest BCUT2D eigenvalue weighted by atomic mass is 9.82. The maximum Gasteiger partial charge on any atom is 0.0545 e. The van der Waals surface area contributed by atoms with Crippen LogP contribution in [0.3, 0.4) is 0 Å². The third kappa shape index (κ3) is 1.07. The number of rotatable bonds is 0. The van der Waals surface area contributed by atoms with Gasteiger partial charge in [0, 0.05) is 0 Å². The van der Waals surface area contributed by atoms with Gasteiger partial charge in [-0.05, 0) is 24.7 Å². The molecule has 0 saturated heterocycles. The van der Waals surface area contributed by atoms with Crippen LogP contribution in [0.25, 0.3) is 0 Å². The van der Waals surface area contributed by atoms with E-state index in [1.807, 2.05) is 0 Å². The Kier molecular flexibility index (Phi) is 1.69. The minimum absolute atomic E-state index is 0.0492. The first-order valence-electron chi connectivity index (χ1n) is 4.54. The molecule has 1 nitrogen and oxygen atoms in total. The quantitative estimate of drug-likeness (QED) is 0.545. The van der Waals surface area contributed by atoms with Crippen molar-refractivity contribution < 1.29 is 5.11 Å². The number of hydrogen-bond acceptors (Lipinski definition) is 1. The Bertz CT molecular complexity index is 108. The molecule has 0 aromatic heterocycles. The van der Waals surface area contributed by atoms with Gasteiger partial charge in [0.25, 0.3) is 0 Å². The van der Waals surface area contributed by atoms with Gasteiger partial charge in [-0.15, -0.1) is 0 Å². The number of aliphatic hydroxyl groups is 1. The monoisotopic (exact) mass is 140 g/mol. The average molecular weight is 140 g/mol. The topological polar surface area (TPSA) is 20.2 Å². The van der Waals surface area contributed by atoms with E-state index in [2.05, 4.69) is 0 Å². The van der Waals surface area contributed by atoms with Gasteiger partial charge in [0.05, 0.1) is 6.10 Å². The highest BCUT2D eigenvalue weighted by Crippen LogP contribution is 2.41. The fourth-order valence-corrected chi connectivity index (χ4v) is 2.70. The highest BCUT2D eigenvalue weighted by molar-refractivity contribution is 4.85. The molecule has 1 N–H and O–H groups in total. The largest absolute Gasteiger partial charge is 0.393 e. The van der Waals surface area contributed by atoms with Crippen LogP contribution in [0, 0.1) is 11.8 Å². The summed E-state index contributed by atoms with van der Waals surface area (Å²) in [6.07, 6.45) is 7.86. The number of aliphatic hydroxyl groups excluding tert-OH is 1. The van der Waals surface area contributed by atoms with Crippen LogP contribution in [0.15, 0.2) is 0 Å². The fourth-order valence-electron chi connectivity index (χ4n) is 2.70. The fraction of sp³-hybridized carbons (Fsp3) is 1.00. The molecule has 10 heavy (non-hydrogen) atoms. The van der Waals surface area contributed by atoms with Crippen molar-refractivity contribution in [1.29, 1.82) is 0 Å². The summed E-state index contributed by atoms with van der Waals surface area (Å²) in [5.74, 6) is 1.78. The van der Waals surface area contributed by atoms with Crippen molar-refractivity contribution in [3.8, 4) is 0 Å². The van der Waals surface area contributed by atoms with Crippen molar-refractivity contribution in [1.82, 2.24) is 0 Å². The standard InChI is InChI=1S/C9H16O/c10-9-5-7-3-1-2-4-8(7)6-9/h7-10H,1-6H2/t7-,8-/m1/s1. The Hall–Kier alpha value is -0.0400. The van der Waals surface area contributed by atoms with Crippen LogP contribution < -0.4 is 0 Å². The van der Waals surface area contributed by atoms with Crippen LogP contribution in [-0.2, 0) is 0 Å². The normalized spacial score (nSPS) is 41.7. The molecule has 0 radical (unpaired) electrons. The van der Waals surface area contributed by atoms with E-state index in [-0.39, 0.29) is 6.10 Å². The van der Waals surface area contributed by atoms with Crippen LogP contribution in [0.2, 0.25) is 0 Å². The lowest BCUT2D eigenvalue weighted by Gasteiger charge is -2.23. The van der Waals surface area contributed by atoms with Gasteiger partial charge in [0.2, 0.25) is 0 Å². The Morgan fingerprint density at radius 3 is 1.90 bits per heavy atom. The molecule has 1 heteroatoms.